The van der Waals surface area contributed by atoms with Crippen LogP contribution in [0.5, 0.6) is 0 Å². The third kappa shape index (κ3) is 3.67. The predicted octanol–water partition coefficient (Wildman–Crippen LogP) is 3.04. The maximum Gasteiger partial charge on any atom is 0.230 e. The molecule has 2 aromatic rings. The second kappa shape index (κ2) is 6.66. The van der Waals surface area contributed by atoms with Gasteiger partial charge in [0.15, 0.2) is 0 Å². The third-order valence-electron chi connectivity index (χ3n) is 3.76. The standard InChI is InChI=1S/C16H21N3O/c1-2-7-11-19(10-6-1)13-16-18-17-15(20-16)12-14-8-4-3-5-9-14/h3-5,8-9H,1-2,6-7,10-13H2. The molecule has 1 aliphatic heterocycles. The van der Waals surface area contributed by atoms with Crippen molar-refractivity contribution in [2.24, 2.45) is 0 Å². The Hall–Kier alpha value is -1.68. The highest BCUT2D eigenvalue weighted by Crippen LogP contribution is 2.14. The van der Waals surface area contributed by atoms with E-state index >= 15 is 0 Å². The van der Waals surface area contributed by atoms with E-state index in [1.165, 1.54) is 31.2 Å². The van der Waals surface area contributed by atoms with Crippen LogP contribution in [-0.2, 0) is 13.0 Å². The molecule has 1 fully saturated rings. The molecule has 0 N–H and O–H groups in total. The first-order valence-corrected chi connectivity index (χ1v) is 7.48. The molecular formula is C16H21N3O. The quantitative estimate of drug-likeness (QED) is 0.857. The molecule has 0 unspecified atom stereocenters. The molecule has 1 aromatic carbocycles. The van der Waals surface area contributed by atoms with E-state index in [0.717, 1.165) is 25.5 Å². The van der Waals surface area contributed by atoms with Gasteiger partial charge in [-0.3, -0.25) is 4.90 Å². The third-order valence-corrected chi connectivity index (χ3v) is 3.76. The molecule has 4 nitrogen and oxygen atoms in total. The van der Waals surface area contributed by atoms with E-state index in [2.05, 4.69) is 27.2 Å². The highest BCUT2D eigenvalue weighted by Gasteiger charge is 2.13. The summed E-state index contributed by atoms with van der Waals surface area (Å²) in [5, 5.41) is 8.34. The summed E-state index contributed by atoms with van der Waals surface area (Å²) in [6, 6.07) is 10.2. The first kappa shape index (κ1) is 13.3. The molecule has 0 spiro atoms. The molecule has 1 aliphatic rings. The maximum absolute atomic E-state index is 5.77. The second-order valence-electron chi connectivity index (χ2n) is 5.44. The molecule has 0 saturated carbocycles. The van der Waals surface area contributed by atoms with Gasteiger partial charge in [0.05, 0.1) is 13.0 Å². The van der Waals surface area contributed by atoms with Crippen LogP contribution in [0.1, 0.15) is 43.0 Å². The van der Waals surface area contributed by atoms with Crippen LogP contribution < -0.4 is 0 Å². The summed E-state index contributed by atoms with van der Waals surface area (Å²) in [6.07, 6.45) is 5.98. The zero-order valence-electron chi connectivity index (χ0n) is 11.8. The van der Waals surface area contributed by atoms with E-state index in [0.29, 0.717) is 12.3 Å². The molecule has 0 bridgehead atoms. The van der Waals surface area contributed by atoms with E-state index in [1.807, 2.05) is 18.2 Å². The zero-order valence-corrected chi connectivity index (χ0v) is 11.8. The number of hydrogen-bond acceptors (Lipinski definition) is 4. The van der Waals surface area contributed by atoms with E-state index in [-0.39, 0.29) is 0 Å². The van der Waals surface area contributed by atoms with Crippen molar-refractivity contribution in [1.82, 2.24) is 15.1 Å². The van der Waals surface area contributed by atoms with E-state index in [9.17, 15) is 0 Å². The Morgan fingerprint density at radius 2 is 1.60 bits per heavy atom. The summed E-state index contributed by atoms with van der Waals surface area (Å²) in [5.41, 5.74) is 1.21. The van der Waals surface area contributed by atoms with Gasteiger partial charge in [-0.1, -0.05) is 43.2 Å². The number of nitrogens with zero attached hydrogens (tertiary/aromatic N) is 3. The Kier molecular flexibility index (Phi) is 4.43. The summed E-state index contributed by atoms with van der Waals surface area (Å²) in [5.74, 6) is 1.46. The largest absolute Gasteiger partial charge is 0.424 e. The van der Waals surface area contributed by atoms with Crippen LogP contribution in [0, 0.1) is 0 Å². The number of hydrogen-bond donors (Lipinski definition) is 0. The van der Waals surface area contributed by atoms with Crippen molar-refractivity contribution in [1.29, 1.82) is 0 Å². The van der Waals surface area contributed by atoms with E-state index in [4.69, 9.17) is 4.42 Å². The highest BCUT2D eigenvalue weighted by molar-refractivity contribution is 5.17. The summed E-state index contributed by atoms with van der Waals surface area (Å²) >= 11 is 0. The van der Waals surface area contributed by atoms with Gasteiger partial charge < -0.3 is 4.42 Å². The topological polar surface area (TPSA) is 42.2 Å². The van der Waals surface area contributed by atoms with Gasteiger partial charge in [-0.05, 0) is 31.5 Å². The Bertz CT molecular complexity index is 516. The van der Waals surface area contributed by atoms with Crippen LogP contribution in [0.2, 0.25) is 0 Å². The first-order valence-electron chi connectivity index (χ1n) is 7.48. The Morgan fingerprint density at radius 3 is 2.35 bits per heavy atom. The van der Waals surface area contributed by atoms with Gasteiger partial charge in [0, 0.05) is 0 Å². The lowest BCUT2D eigenvalue weighted by atomic mass is 10.2. The van der Waals surface area contributed by atoms with Crippen molar-refractivity contribution in [3.63, 3.8) is 0 Å². The normalized spacial score (nSPS) is 17.0. The molecule has 106 valence electrons. The molecule has 1 saturated heterocycles. The molecule has 2 heterocycles. The fourth-order valence-corrected chi connectivity index (χ4v) is 2.68. The van der Waals surface area contributed by atoms with Gasteiger partial charge >= 0.3 is 0 Å². The number of aromatic nitrogens is 2. The predicted molar refractivity (Wildman–Crippen MR) is 77.3 cm³/mol. The average molecular weight is 271 g/mol. The van der Waals surface area contributed by atoms with Crippen molar-refractivity contribution in [3.05, 3.63) is 47.7 Å². The molecule has 0 radical (unpaired) electrons. The molecule has 0 atom stereocenters. The number of rotatable bonds is 4. The monoisotopic (exact) mass is 271 g/mol. The van der Waals surface area contributed by atoms with Gasteiger partial charge in [0.2, 0.25) is 11.8 Å². The van der Waals surface area contributed by atoms with Crippen molar-refractivity contribution in [3.8, 4) is 0 Å². The molecule has 0 aliphatic carbocycles. The Morgan fingerprint density at radius 1 is 0.900 bits per heavy atom. The molecule has 1 aromatic heterocycles. The molecule has 20 heavy (non-hydrogen) atoms. The van der Waals surface area contributed by atoms with Crippen molar-refractivity contribution >= 4 is 0 Å². The van der Waals surface area contributed by atoms with Crippen LogP contribution in [-0.4, -0.2) is 28.2 Å². The summed E-state index contributed by atoms with van der Waals surface area (Å²) < 4.78 is 5.77. The van der Waals surface area contributed by atoms with Crippen molar-refractivity contribution in [2.75, 3.05) is 13.1 Å². The average Bonchev–Trinajstić information content (AvgIpc) is 2.74. The van der Waals surface area contributed by atoms with Gasteiger partial charge in [-0.2, -0.15) is 0 Å². The summed E-state index contributed by atoms with van der Waals surface area (Å²) in [6.45, 7) is 3.09. The lowest BCUT2D eigenvalue weighted by Gasteiger charge is -2.16. The van der Waals surface area contributed by atoms with E-state index in [1.54, 1.807) is 0 Å². The lowest BCUT2D eigenvalue weighted by Crippen LogP contribution is -2.24. The van der Waals surface area contributed by atoms with Gasteiger partial charge in [-0.25, -0.2) is 0 Å². The maximum atomic E-state index is 5.77. The molecular weight excluding hydrogens is 250 g/mol. The minimum absolute atomic E-state index is 0.709. The van der Waals surface area contributed by atoms with Gasteiger partial charge in [-0.15, -0.1) is 10.2 Å². The Labute approximate surface area is 119 Å². The minimum atomic E-state index is 0.709. The summed E-state index contributed by atoms with van der Waals surface area (Å²) in [7, 11) is 0. The van der Waals surface area contributed by atoms with Crippen LogP contribution in [0.4, 0.5) is 0 Å². The van der Waals surface area contributed by atoms with Crippen LogP contribution in [0.3, 0.4) is 0 Å². The smallest absolute Gasteiger partial charge is 0.230 e. The first-order chi connectivity index (χ1) is 9.90. The van der Waals surface area contributed by atoms with Crippen LogP contribution >= 0.6 is 0 Å². The minimum Gasteiger partial charge on any atom is -0.424 e. The van der Waals surface area contributed by atoms with Crippen molar-refractivity contribution < 1.29 is 4.42 Å². The Balaban J connectivity index is 1.59. The molecule has 3 rings (SSSR count). The fourth-order valence-electron chi connectivity index (χ4n) is 2.68. The van der Waals surface area contributed by atoms with E-state index < -0.39 is 0 Å². The molecule has 4 heteroatoms. The fraction of sp³-hybridized carbons (Fsp3) is 0.500. The van der Waals surface area contributed by atoms with Crippen molar-refractivity contribution in [2.45, 2.75) is 38.6 Å². The lowest BCUT2D eigenvalue weighted by molar-refractivity contribution is 0.245. The van der Waals surface area contributed by atoms with Crippen LogP contribution in [0.25, 0.3) is 0 Å². The van der Waals surface area contributed by atoms with Gasteiger partial charge in [0.1, 0.15) is 0 Å². The number of likely N-dealkylation sites (tertiary alicyclic amines) is 1. The second-order valence-corrected chi connectivity index (χ2v) is 5.44. The summed E-state index contributed by atoms with van der Waals surface area (Å²) in [4.78, 5) is 2.42. The van der Waals surface area contributed by atoms with Crippen LogP contribution in [0.15, 0.2) is 34.7 Å². The zero-order chi connectivity index (χ0) is 13.6. The van der Waals surface area contributed by atoms with Gasteiger partial charge in [0.25, 0.3) is 0 Å². The number of benzene rings is 1. The highest BCUT2D eigenvalue weighted by atomic mass is 16.4. The SMILES string of the molecule is c1ccc(Cc2nnc(CN3CCCCCC3)o2)cc1. The molecule has 0 amide bonds.